The van der Waals surface area contributed by atoms with Gasteiger partial charge in [0.25, 0.3) is 0 Å². The quantitative estimate of drug-likeness (QED) is 0.685. The zero-order chi connectivity index (χ0) is 15.2. The van der Waals surface area contributed by atoms with Crippen LogP contribution in [0.25, 0.3) is 0 Å². The van der Waals surface area contributed by atoms with Crippen LogP contribution in [-0.4, -0.2) is 80.7 Å². The van der Waals surface area contributed by atoms with Gasteiger partial charge in [0.05, 0.1) is 13.1 Å². The topological polar surface area (TPSA) is 64.7 Å². The molecule has 0 unspecified atom stereocenters. The second kappa shape index (κ2) is 7.44. The van der Waals surface area contributed by atoms with Gasteiger partial charge in [-0.05, 0) is 0 Å². The lowest BCUT2D eigenvalue weighted by Gasteiger charge is -2.28. The molecule has 0 radical (unpaired) electrons. The number of halogens is 3. The molecule has 0 aliphatic carbocycles. The number of rotatable bonds is 5. The molecular formula is C11H19F3N4O2. The molecule has 0 aromatic heterocycles. The number of carbonyl (C=O) groups is 2. The summed E-state index contributed by atoms with van der Waals surface area (Å²) in [7, 11) is 1.40. The van der Waals surface area contributed by atoms with E-state index in [2.05, 4.69) is 5.32 Å². The predicted molar refractivity (Wildman–Crippen MR) is 66.0 cm³/mol. The standard InChI is InChI=1S/C11H19F3N4O2/c1-17(6-9(19)16-8-11(12,13)14)10(20)7-18-4-2-15-3-5-18/h15H,2-8H2,1H3,(H,16,19). The van der Waals surface area contributed by atoms with E-state index in [4.69, 9.17) is 0 Å². The van der Waals surface area contributed by atoms with E-state index in [0.29, 0.717) is 0 Å². The lowest BCUT2D eigenvalue weighted by molar-refractivity contribution is -0.142. The van der Waals surface area contributed by atoms with Crippen molar-refractivity contribution in [1.29, 1.82) is 0 Å². The monoisotopic (exact) mass is 296 g/mol. The first-order chi connectivity index (χ1) is 9.28. The summed E-state index contributed by atoms with van der Waals surface area (Å²) in [6, 6.07) is 0. The number of hydrogen-bond donors (Lipinski definition) is 2. The average molecular weight is 296 g/mol. The van der Waals surface area contributed by atoms with E-state index in [0.717, 1.165) is 31.1 Å². The van der Waals surface area contributed by atoms with Gasteiger partial charge in [-0.3, -0.25) is 14.5 Å². The third-order valence-electron chi connectivity index (χ3n) is 2.86. The number of nitrogens with zero attached hydrogens (tertiary/aromatic N) is 2. The molecule has 1 heterocycles. The number of alkyl halides is 3. The Balaban J connectivity index is 2.28. The fourth-order valence-corrected chi connectivity index (χ4v) is 1.74. The summed E-state index contributed by atoms with van der Waals surface area (Å²) >= 11 is 0. The lowest BCUT2D eigenvalue weighted by atomic mass is 10.3. The summed E-state index contributed by atoms with van der Waals surface area (Å²) in [5.74, 6) is -1.10. The van der Waals surface area contributed by atoms with Gasteiger partial charge in [0, 0.05) is 33.2 Å². The van der Waals surface area contributed by atoms with Crippen LogP contribution in [0, 0.1) is 0 Å². The number of hydrogen-bond acceptors (Lipinski definition) is 4. The normalized spacial score (nSPS) is 16.8. The summed E-state index contributed by atoms with van der Waals surface area (Å²) in [5.41, 5.74) is 0. The maximum Gasteiger partial charge on any atom is 0.405 e. The van der Waals surface area contributed by atoms with Crippen molar-refractivity contribution in [1.82, 2.24) is 20.4 Å². The molecule has 0 aromatic carbocycles. The maximum absolute atomic E-state index is 11.9. The van der Waals surface area contributed by atoms with Crippen molar-refractivity contribution < 1.29 is 22.8 Å². The number of amides is 2. The van der Waals surface area contributed by atoms with Crippen LogP contribution in [0.1, 0.15) is 0 Å². The molecule has 2 N–H and O–H groups in total. The first-order valence-corrected chi connectivity index (χ1v) is 6.28. The molecule has 1 fully saturated rings. The van der Waals surface area contributed by atoms with Gasteiger partial charge in [-0.1, -0.05) is 0 Å². The van der Waals surface area contributed by atoms with Gasteiger partial charge in [0.15, 0.2) is 0 Å². The van der Waals surface area contributed by atoms with E-state index in [1.165, 1.54) is 7.05 Å². The molecule has 20 heavy (non-hydrogen) atoms. The molecule has 6 nitrogen and oxygen atoms in total. The molecular weight excluding hydrogens is 277 g/mol. The maximum atomic E-state index is 11.9. The summed E-state index contributed by atoms with van der Waals surface area (Å²) in [5, 5.41) is 4.87. The second-order valence-corrected chi connectivity index (χ2v) is 4.67. The number of piperazine rings is 1. The Labute approximate surface area is 115 Å². The van der Waals surface area contributed by atoms with Crippen molar-refractivity contribution >= 4 is 11.8 Å². The Hall–Kier alpha value is -1.35. The van der Waals surface area contributed by atoms with Crippen molar-refractivity contribution in [3.05, 3.63) is 0 Å². The van der Waals surface area contributed by atoms with Gasteiger partial charge in [-0.15, -0.1) is 0 Å². The van der Waals surface area contributed by atoms with Gasteiger partial charge >= 0.3 is 6.18 Å². The van der Waals surface area contributed by atoms with Crippen LogP contribution in [0.3, 0.4) is 0 Å². The van der Waals surface area contributed by atoms with Gasteiger partial charge in [0.2, 0.25) is 11.8 Å². The van der Waals surface area contributed by atoms with E-state index >= 15 is 0 Å². The van der Waals surface area contributed by atoms with Gasteiger partial charge in [0.1, 0.15) is 6.54 Å². The Morgan fingerprint density at radius 3 is 2.45 bits per heavy atom. The summed E-state index contributed by atoms with van der Waals surface area (Å²) in [6.07, 6.45) is -4.45. The molecule has 1 rings (SSSR count). The number of carbonyl (C=O) groups excluding carboxylic acids is 2. The molecule has 1 aliphatic heterocycles. The highest BCUT2D eigenvalue weighted by Crippen LogP contribution is 2.11. The minimum atomic E-state index is -4.45. The van der Waals surface area contributed by atoms with Crippen molar-refractivity contribution in [2.24, 2.45) is 0 Å². The molecule has 0 atom stereocenters. The third-order valence-corrected chi connectivity index (χ3v) is 2.86. The van der Waals surface area contributed by atoms with Gasteiger partial charge in [-0.25, -0.2) is 0 Å². The van der Waals surface area contributed by atoms with Crippen LogP contribution in [0.4, 0.5) is 13.2 Å². The van der Waals surface area contributed by atoms with Gasteiger partial charge < -0.3 is 15.5 Å². The van der Waals surface area contributed by atoms with Crippen LogP contribution >= 0.6 is 0 Å². The van der Waals surface area contributed by atoms with Crippen LogP contribution < -0.4 is 10.6 Å². The largest absolute Gasteiger partial charge is 0.405 e. The molecule has 0 saturated carbocycles. The molecule has 1 aliphatic rings. The summed E-state index contributed by atoms with van der Waals surface area (Å²) in [4.78, 5) is 26.1. The molecule has 116 valence electrons. The van der Waals surface area contributed by atoms with E-state index in [-0.39, 0.29) is 19.0 Å². The third kappa shape index (κ3) is 6.71. The zero-order valence-electron chi connectivity index (χ0n) is 11.3. The van der Waals surface area contributed by atoms with Gasteiger partial charge in [-0.2, -0.15) is 13.2 Å². The first kappa shape index (κ1) is 16.7. The highest BCUT2D eigenvalue weighted by molar-refractivity contribution is 5.85. The van der Waals surface area contributed by atoms with Crippen LogP contribution in [0.5, 0.6) is 0 Å². The fourth-order valence-electron chi connectivity index (χ4n) is 1.74. The molecule has 0 bridgehead atoms. The van der Waals surface area contributed by atoms with E-state index < -0.39 is 18.6 Å². The number of nitrogens with one attached hydrogen (secondary N) is 2. The smallest absolute Gasteiger partial charge is 0.345 e. The Morgan fingerprint density at radius 1 is 1.30 bits per heavy atom. The van der Waals surface area contributed by atoms with E-state index in [9.17, 15) is 22.8 Å². The SMILES string of the molecule is CN(CC(=O)NCC(F)(F)F)C(=O)CN1CCNCC1. The van der Waals surface area contributed by atoms with Crippen LogP contribution in [0.2, 0.25) is 0 Å². The summed E-state index contributed by atoms with van der Waals surface area (Å²) < 4.78 is 35.7. The molecule has 1 saturated heterocycles. The molecule has 0 aromatic rings. The highest BCUT2D eigenvalue weighted by Gasteiger charge is 2.28. The average Bonchev–Trinajstić information content (AvgIpc) is 2.36. The Morgan fingerprint density at radius 2 is 1.90 bits per heavy atom. The Bertz CT molecular complexity index is 343. The van der Waals surface area contributed by atoms with Crippen molar-refractivity contribution in [2.75, 3.05) is 52.9 Å². The Kier molecular flexibility index (Phi) is 6.21. The van der Waals surface area contributed by atoms with E-state index in [1.54, 1.807) is 5.32 Å². The van der Waals surface area contributed by atoms with Crippen molar-refractivity contribution in [3.63, 3.8) is 0 Å². The minimum absolute atomic E-state index is 0.171. The lowest BCUT2D eigenvalue weighted by Crippen LogP contribution is -2.49. The second-order valence-electron chi connectivity index (χ2n) is 4.67. The first-order valence-electron chi connectivity index (χ1n) is 6.28. The predicted octanol–water partition coefficient (Wildman–Crippen LogP) is -0.971. The van der Waals surface area contributed by atoms with Crippen molar-refractivity contribution in [2.45, 2.75) is 6.18 Å². The van der Waals surface area contributed by atoms with E-state index in [1.807, 2.05) is 4.90 Å². The van der Waals surface area contributed by atoms with Crippen LogP contribution in [-0.2, 0) is 9.59 Å². The summed E-state index contributed by atoms with van der Waals surface area (Å²) in [6.45, 7) is 1.48. The van der Waals surface area contributed by atoms with Crippen LogP contribution in [0.15, 0.2) is 0 Å². The number of likely N-dealkylation sites (N-methyl/N-ethyl adjacent to an activating group) is 1. The molecule has 0 spiro atoms. The molecule has 9 heteroatoms. The van der Waals surface area contributed by atoms with Crippen molar-refractivity contribution in [3.8, 4) is 0 Å². The fraction of sp³-hybridized carbons (Fsp3) is 0.818. The highest BCUT2D eigenvalue weighted by atomic mass is 19.4. The molecule has 2 amide bonds. The zero-order valence-corrected chi connectivity index (χ0v) is 11.3. The minimum Gasteiger partial charge on any atom is -0.345 e.